The third-order valence-corrected chi connectivity index (χ3v) is 2.12. The number of rotatable bonds is 0. The van der Waals surface area contributed by atoms with Crippen LogP contribution in [0, 0.1) is 0 Å². The molecule has 4 atom stereocenters. The molecule has 0 aromatic carbocycles. The van der Waals surface area contributed by atoms with E-state index in [0.29, 0.717) is 9.80 Å². The normalized spacial score (nSPS) is 46.2. The molecule has 2 amide bonds. The molecule has 7 heteroatoms. The van der Waals surface area contributed by atoms with Gasteiger partial charge in [0, 0.05) is 0 Å². The van der Waals surface area contributed by atoms with Gasteiger partial charge in [-0.3, -0.25) is 9.80 Å². The molecule has 1 unspecified atom stereocenters. The van der Waals surface area contributed by atoms with Crippen LogP contribution in [0.3, 0.4) is 0 Å². The first kappa shape index (κ1) is 7.74. The summed E-state index contributed by atoms with van der Waals surface area (Å²) in [4.78, 5) is 12.3. The molecular weight excluding hydrogens is 168 g/mol. The standard InChI is InChI=1S/C5H8N2O5/c8-1-2(9)7-4(11)3(10)6(1)5(7)12/h1-4,8-11H/t1-,2+,3-,4?/m1/s1. The topological polar surface area (TPSA) is 104 Å². The number of carbonyl (C=O) groups is 1. The third kappa shape index (κ3) is 0.619. The highest BCUT2D eigenvalue weighted by atomic mass is 16.4. The molecule has 2 fully saturated rings. The van der Waals surface area contributed by atoms with Gasteiger partial charge in [0.25, 0.3) is 0 Å². The van der Waals surface area contributed by atoms with Gasteiger partial charge in [0.15, 0.2) is 24.9 Å². The van der Waals surface area contributed by atoms with E-state index in [9.17, 15) is 4.79 Å². The number of piperazine rings is 1. The Bertz CT molecular complexity index is 196. The van der Waals surface area contributed by atoms with E-state index in [1.807, 2.05) is 0 Å². The van der Waals surface area contributed by atoms with E-state index in [1.165, 1.54) is 0 Å². The molecule has 2 rings (SSSR count). The predicted molar refractivity (Wildman–Crippen MR) is 33.1 cm³/mol. The first-order chi connectivity index (χ1) is 5.55. The average molecular weight is 176 g/mol. The number of urea groups is 1. The molecular formula is C5H8N2O5. The van der Waals surface area contributed by atoms with Gasteiger partial charge in [-0.25, -0.2) is 4.79 Å². The van der Waals surface area contributed by atoms with Gasteiger partial charge in [0.2, 0.25) is 0 Å². The van der Waals surface area contributed by atoms with Crippen LogP contribution in [0.25, 0.3) is 0 Å². The molecule has 0 aromatic rings. The summed E-state index contributed by atoms with van der Waals surface area (Å²) in [6.45, 7) is 0. The minimum Gasteiger partial charge on any atom is -0.369 e. The number of carbonyl (C=O) groups excluding carboxylic acids is 1. The highest BCUT2D eigenvalue weighted by Crippen LogP contribution is 2.32. The van der Waals surface area contributed by atoms with Crippen molar-refractivity contribution in [3.05, 3.63) is 0 Å². The molecule has 0 spiro atoms. The van der Waals surface area contributed by atoms with E-state index in [4.69, 9.17) is 20.4 Å². The van der Waals surface area contributed by atoms with E-state index >= 15 is 0 Å². The molecule has 2 aliphatic heterocycles. The van der Waals surface area contributed by atoms with Gasteiger partial charge in [-0.05, 0) is 0 Å². The van der Waals surface area contributed by atoms with Gasteiger partial charge in [-0.15, -0.1) is 0 Å². The van der Waals surface area contributed by atoms with Crippen LogP contribution in [-0.2, 0) is 0 Å². The lowest BCUT2D eigenvalue weighted by molar-refractivity contribution is -0.210. The van der Waals surface area contributed by atoms with Crippen molar-refractivity contribution in [3.8, 4) is 0 Å². The molecule has 2 saturated heterocycles. The maximum atomic E-state index is 11.0. The molecule has 4 N–H and O–H groups in total. The molecule has 68 valence electrons. The van der Waals surface area contributed by atoms with Gasteiger partial charge in [0.05, 0.1) is 0 Å². The number of fused-ring (bicyclic) bond motifs is 2. The van der Waals surface area contributed by atoms with Crippen LogP contribution in [0.4, 0.5) is 4.79 Å². The second-order valence-electron chi connectivity index (χ2n) is 2.75. The van der Waals surface area contributed by atoms with Crippen LogP contribution < -0.4 is 0 Å². The summed E-state index contributed by atoms with van der Waals surface area (Å²) in [6.07, 6.45) is -5.85. The predicted octanol–water partition coefficient (Wildman–Crippen LogP) is -2.99. The highest BCUT2D eigenvalue weighted by Gasteiger charge is 2.59. The summed E-state index contributed by atoms with van der Waals surface area (Å²) >= 11 is 0. The van der Waals surface area contributed by atoms with Gasteiger partial charge >= 0.3 is 6.03 Å². The number of hydrogen-bond acceptors (Lipinski definition) is 5. The lowest BCUT2D eigenvalue weighted by Gasteiger charge is -2.31. The highest BCUT2D eigenvalue weighted by molar-refractivity contribution is 5.80. The molecule has 0 saturated carbocycles. The number of nitrogens with zero attached hydrogens (tertiary/aromatic N) is 2. The Morgan fingerprint density at radius 3 is 1.25 bits per heavy atom. The summed E-state index contributed by atoms with van der Waals surface area (Å²) in [5.74, 6) is 0. The van der Waals surface area contributed by atoms with E-state index in [0.717, 1.165) is 0 Å². The molecule has 2 aliphatic rings. The Labute approximate surface area is 67.0 Å². The van der Waals surface area contributed by atoms with Crippen LogP contribution >= 0.6 is 0 Å². The fourth-order valence-corrected chi connectivity index (χ4v) is 1.47. The summed E-state index contributed by atoms with van der Waals surface area (Å²) in [5.41, 5.74) is 0. The maximum Gasteiger partial charge on any atom is 0.328 e. The van der Waals surface area contributed by atoms with Gasteiger partial charge in [-0.1, -0.05) is 0 Å². The Morgan fingerprint density at radius 2 is 1.08 bits per heavy atom. The quantitative estimate of drug-likeness (QED) is 0.315. The molecule has 0 aromatic heterocycles. The largest absolute Gasteiger partial charge is 0.369 e. The van der Waals surface area contributed by atoms with Crippen molar-refractivity contribution >= 4 is 6.03 Å². The summed E-state index contributed by atoms with van der Waals surface area (Å²) in [5, 5.41) is 36.4. The number of hydrogen-bond donors (Lipinski definition) is 4. The minimum atomic E-state index is -1.46. The molecule has 12 heavy (non-hydrogen) atoms. The average Bonchev–Trinajstić information content (AvgIpc) is 2.33. The van der Waals surface area contributed by atoms with Crippen LogP contribution in [0.1, 0.15) is 0 Å². The van der Waals surface area contributed by atoms with Crippen LogP contribution in [0.15, 0.2) is 0 Å². The van der Waals surface area contributed by atoms with E-state index in [-0.39, 0.29) is 0 Å². The third-order valence-electron chi connectivity index (χ3n) is 2.12. The zero-order valence-electron chi connectivity index (χ0n) is 5.90. The molecule has 2 heterocycles. The number of amides is 2. The second-order valence-corrected chi connectivity index (χ2v) is 2.75. The van der Waals surface area contributed by atoms with E-state index in [2.05, 4.69) is 0 Å². The smallest absolute Gasteiger partial charge is 0.328 e. The van der Waals surface area contributed by atoms with Gasteiger partial charge in [0.1, 0.15) is 0 Å². The van der Waals surface area contributed by atoms with Crippen molar-refractivity contribution in [1.82, 2.24) is 9.80 Å². The van der Waals surface area contributed by atoms with Crippen LogP contribution in [-0.4, -0.2) is 61.2 Å². The Balaban J connectivity index is 2.35. The Morgan fingerprint density at radius 1 is 0.833 bits per heavy atom. The minimum absolute atomic E-state index is 0.620. The van der Waals surface area contributed by atoms with Crippen molar-refractivity contribution in [2.75, 3.05) is 0 Å². The Hall–Kier alpha value is -0.890. The van der Waals surface area contributed by atoms with E-state index in [1.54, 1.807) is 0 Å². The van der Waals surface area contributed by atoms with Crippen molar-refractivity contribution in [1.29, 1.82) is 0 Å². The van der Waals surface area contributed by atoms with E-state index < -0.39 is 30.9 Å². The lowest BCUT2D eigenvalue weighted by atomic mass is 10.3. The lowest BCUT2D eigenvalue weighted by Crippen LogP contribution is -2.54. The monoisotopic (exact) mass is 176 g/mol. The SMILES string of the molecule is O=C1N2C(O)[C@@H](O)N1[C@H](O)[C@@H]2O. The van der Waals surface area contributed by atoms with Gasteiger partial charge in [-0.2, -0.15) is 0 Å². The number of aliphatic hydroxyl groups excluding tert-OH is 4. The van der Waals surface area contributed by atoms with Crippen molar-refractivity contribution in [2.24, 2.45) is 0 Å². The molecule has 7 nitrogen and oxygen atoms in total. The first-order valence-electron chi connectivity index (χ1n) is 3.38. The molecule has 0 aliphatic carbocycles. The Kier molecular flexibility index (Phi) is 1.34. The zero-order chi connectivity index (χ0) is 9.04. The molecule has 0 radical (unpaired) electrons. The maximum absolute atomic E-state index is 11.0. The van der Waals surface area contributed by atoms with Crippen LogP contribution in [0.2, 0.25) is 0 Å². The number of aliphatic hydroxyl groups is 4. The second kappa shape index (κ2) is 2.07. The van der Waals surface area contributed by atoms with Crippen molar-refractivity contribution in [2.45, 2.75) is 24.9 Å². The summed E-state index contributed by atoms with van der Waals surface area (Å²) in [7, 11) is 0. The molecule has 2 bridgehead atoms. The van der Waals surface area contributed by atoms with Crippen molar-refractivity contribution < 1.29 is 25.2 Å². The first-order valence-corrected chi connectivity index (χ1v) is 3.38. The fourth-order valence-electron chi connectivity index (χ4n) is 1.47. The summed E-state index contributed by atoms with van der Waals surface area (Å²) < 4.78 is 0. The summed E-state index contributed by atoms with van der Waals surface area (Å²) in [6, 6.07) is -0.769. The fraction of sp³-hybridized carbons (Fsp3) is 0.800. The van der Waals surface area contributed by atoms with Crippen LogP contribution in [0.5, 0.6) is 0 Å². The zero-order valence-corrected chi connectivity index (χ0v) is 5.90. The van der Waals surface area contributed by atoms with Gasteiger partial charge < -0.3 is 20.4 Å². The van der Waals surface area contributed by atoms with Crippen molar-refractivity contribution in [3.63, 3.8) is 0 Å².